The molecule has 37 heavy (non-hydrogen) atoms. The van der Waals surface area contributed by atoms with Crippen LogP contribution in [0.4, 0.5) is 0 Å². The second kappa shape index (κ2) is 12.9. The number of allylic oxidation sites excluding steroid dienone is 2. The quantitative estimate of drug-likeness (QED) is 0.145. The van der Waals surface area contributed by atoms with Crippen LogP contribution in [-0.2, 0) is 23.8 Å². The predicted molar refractivity (Wildman–Crippen MR) is 125 cm³/mol. The van der Waals surface area contributed by atoms with E-state index in [1.165, 1.54) is 13.8 Å². The Bertz CT molecular complexity index is 814. The first kappa shape index (κ1) is 31.5. The summed E-state index contributed by atoms with van der Waals surface area (Å²) in [5.74, 6) is -4.34. The molecule has 214 valence electrons. The van der Waals surface area contributed by atoms with Gasteiger partial charge in [-0.05, 0) is 46.5 Å². The highest BCUT2D eigenvalue weighted by molar-refractivity contribution is 5.73. The summed E-state index contributed by atoms with van der Waals surface area (Å²) in [5.41, 5.74) is -0.378. The zero-order chi connectivity index (χ0) is 28.2. The Morgan fingerprint density at radius 3 is 2.08 bits per heavy atom. The lowest BCUT2D eigenvalue weighted by Gasteiger charge is -2.46. The van der Waals surface area contributed by atoms with E-state index < -0.39 is 84.7 Å². The van der Waals surface area contributed by atoms with Gasteiger partial charge in [-0.15, -0.1) is 0 Å². The van der Waals surface area contributed by atoms with E-state index >= 15 is 0 Å². The molecule has 0 amide bonds. The number of aliphatic hydroxyl groups is 6. The van der Waals surface area contributed by atoms with Crippen molar-refractivity contribution >= 4 is 11.9 Å². The van der Waals surface area contributed by atoms with Crippen LogP contribution >= 0.6 is 0 Å². The average molecular weight is 537 g/mol. The minimum Gasteiger partial charge on any atom is -0.481 e. The molecule has 11 atom stereocenters. The molecular weight excluding hydrogens is 496 g/mol. The fraction of sp³-hybridized carbons (Fsp3) is 0.833. The predicted octanol–water partition coefficient (Wildman–Crippen LogP) is -1.25. The van der Waals surface area contributed by atoms with Gasteiger partial charge in [-0.3, -0.25) is 4.79 Å². The Labute approximate surface area is 214 Å². The Balaban J connectivity index is 2.31. The van der Waals surface area contributed by atoms with Crippen molar-refractivity contribution in [2.45, 2.75) is 120 Å². The van der Waals surface area contributed by atoms with Crippen molar-refractivity contribution in [2.75, 3.05) is 0 Å². The number of aliphatic hydroxyl groups excluding tert-OH is 6. The largest absolute Gasteiger partial charge is 0.481 e. The maximum atomic E-state index is 11.6. The van der Waals surface area contributed by atoms with Crippen molar-refractivity contribution in [3.63, 3.8) is 0 Å². The van der Waals surface area contributed by atoms with E-state index in [0.29, 0.717) is 6.42 Å². The van der Waals surface area contributed by atoms with Gasteiger partial charge in [0.1, 0.15) is 30.5 Å². The number of hydrogen-bond acceptors (Lipinski definition) is 11. The standard InChI is InChI=1S/C24H40O13/c1-5-6-10(2)7-8-13(35-12-9-11(21(31)32)14(25)16(27)15(12)26)24(3,4)37-23-19(30)17(28)18(29)20(36-23)22(33)34/h6,11-20,23,25-30H,5,7-9H2,1-4H3,(H,31,32)(H,33,34)/b10-6+. The number of carboxylic acids is 2. The third kappa shape index (κ3) is 7.46. The zero-order valence-electron chi connectivity index (χ0n) is 21.4. The van der Waals surface area contributed by atoms with Crippen LogP contribution in [0.3, 0.4) is 0 Å². The van der Waals surface area contributed by atoms with Crippen molar-refractivity contribution in [2.24, 2.45) is 5.92 Å². The summed E-state index contributed by atoms with van der Waals surface area (Å²) in [6, 6.07) is 0. The van der Waals surface area contributed by atoms with Crippen molar-refractivity contribution in [1.29, 1.82) is 0 Å². The molecule has 0 aromatic heterocycles. The summed E-state index contributed by atoms with van der Waals surface area (Å²) in [4.78, 5) is 23.1. The van der Waals surface area contributed by atoms with E-state index in [-0.39, 0.29) is 12.8 Å². The minimum absolute atomic E-state index is 0.269. The molecule has 8 N–H and O–H groups in total. The summed E-state index contributed by atoms with van der Waals surface area (Å²) in [5, 5.41) is 80.1. The molecule has 1 aliphatic heterocycles. The second-order valence-electron chi connectivity index (χ2n) is 10.3. The van der Waals surface area contributed by atoms with Crippen LogP contribution in [0.5, 0.6) is 0 Å². The van der Waals surface area contributed by atoms with Gasteiger partial charge in [-0.2, -0.15) is 0 Å². The topological polar surface area (TPSA) is 224 Å². The highest BCUT2D eigenvalue weighted by Gasteiger charge is 2.51. The van der Waals surface area contributed by atoms with Crippen molar-refractivity contribution < 1.29 is 64.7 Å². The van der Waals surface area contributed by atoms with E-state index in [1.54, 1.807) is 0 Å². The molecule has 11 unspecified atom stereocenters. The molecule has 1 aliphatic carbocycles. The van der Waals surface area contributed by atoms with Gasteiger partial charge in [0.25, 0.3) is 0 Å². The van der Waals surface area contributed by atoms with Gasteiger partial charge in [0.05, 0.1) is 29.8 Å². The van der Waals surface area contributed by atoms with Crippen molar-refractivity contribution in [1.82, 2.24) is 0 Å². The second-order valence-corrected chi connectivity index (χ2v) is 10.3. The van der Waals surface area contributed by atoms with Crippen LogP contribution in [0.25, 0.3) is 0 Å². The van der Waals surface area contributed by atoms with E-state index in [4.69, 9.17) is 14.2 Å². The van der Waals surface area contributed by atoms with Crippen LogP contribution < -0.4 is 0 Å². The Morgan fingerprint density at radius 1 is 0.946 bits per heavy atom. The molecule has 13 heteroatoms. The average Bonchev–Trinajstić information content (AvgIpc) is 2.81. The van der Waals surface area contributed by atoms with Crippen LogP contribution in [0.15, 0.2) is 11.6 Å². The normalized spacial score (nSPS) is 38.3. The van der Waals surface area contributed by atoms with Crippen LogP contribution in [0, 0.1) is 5.92 Å². The SMILES string of the molecule is CC/C=C(\C)CCC(OC1CC(C(=O)O)C(O)C(O)C1O)C(C)(C)OC1OC(C(=O)O)C(O)C(O)C1O. The number of aliphatic carboxylic acids is 2. The van der Waals surface area contributed by atoms with Gasteiger partial charge in [0.2, 0.25) is 0 Å². The summed E-state index contributed by atoms with van der Waals surface area (Å²) < 4.78 is 17.2. The molecular formula is C24H40O13. The molecule has 0 bridgehead atoms. The molecule has 2 aliphatic rings. The van der Waals surface area contributed by atoms with Gasteiger partial charge < -0.3 is 55.1 Å². The fourth-order valence-electron chi connectivity index (χ4n) is 4.70. The maximum Gasteiger partial charge on any atom is 0.335 e. The lowest BCUT2D eigenvalue weighted by atomic mass is 9.80. The molecule has 0 aromatic carbocycles. The van der Waals surface area contributed by atoms with E-state index in [1.807, 2.05) is 19.9 Å². The highest BCUT2D eigenvalue weighted by Crippen LogP contribution is 2.35. The summed E-state index contributed by atoms with van der Waals surface area (Å²) in [6.07, 6.45) is -13.1. The molecule has 2 rings (SSSR count). The van der Waals surface area contributed by atoms with E-state index in [2.05, 4.69) is 0 Å². The first-order valence-corrected chi connectivity index (χ1v) is 12.3. The number of carbonyl (C=O) groups is 2. The van der Waals surface area contributed by atoms with Crippen LogP contribution in [0.1, 0.15) is 53.4 Å². The lowest BCUT2D eigenvalue weighted by Crippen LogP contribution is -2.63. The molecule has 0 spiro atoms. The highest BCUT2D eigenvalue weighted by atomic mass is 16.7. The fourth-order valence-corrected chi connectivity index (χ4v) is 4.70. The van der Waals surface area contributed by atoms with E-state index in [9.17, 15) is 50.4 Å². The molecule has 0 aromatic rings. The monoisotopic (exact) mass is 536 g/mol. The third-order valence-corrected chi connectivity index (χ3v) is 7.00. The number of carboxylic acid groups (broad SMARTS) is 2. The van der Waals surface area contributed by atoms with Gasteiger partial charge in [0.15, 0.2) is 12.4 Å². The Hall–Kier alpha value is -1.68. The van der Waals surface area contributed by atoms with Crippen molar-refractivity contribution in [3.8, 4) is 0 Å². The molecule has 1 saturated carbocycles. The summed E-state index contributed by atoms with van der Waals surface area (Å²) in [6.45, 7) is 6.93. The van der Waals surface area contributed by atoms with Gasteiger partial charge in [-0.1, -0.05) is 18.6 Å². The zero-order valence-corrected chi connectivity index (χ0v) is 21.4. The molecule has 0 radical (unpaired) electrons. The molecule has 13 nitrogen and oxygen atoms in total. The smallest absolute Gasteiger partial charge is 0.335 e. The molecule has 1 saturated heterocycles. The number of rotatable bonds is 11. The summed E-state index contributed by atoms with van der Waals surface area (Å²) >= 11 is 0. The van der Waals surface area contributed by atoms with Crippen LogP contribution in [-0.4, -0.2) is 120 Å². The third-order valence-electron chi connectivity index (χ3n) is 7.00. The van der Waals surface area contributed by atoms with Crippen LogP contribution in [0.2, 0.25) is 0 Å². The van der Waals surface area contributed by atoms with Gasteiger partial charge in [-0.25, -0.2) is 4.79 Å². The molecule has 2 fully saturated rings. The maximum absolute atomic E-state index is 11.6. The van der Waals surface area contributed by atoms with Crippen molar-refractivity contribution in [3.05, 3.63) is 11.6 Å². The number of hydrogen-bond donors (Lipinski definition) is 8. The first-order valence-electron chi connectivity index (χ1n) is 12.3. The first-order chi connectivity index (χ1) is 17.1. The summed E-state index contributed by atoms with van der Waals surface area (Å²) in [7, 11) is 0. The lowest BCUT2D eigenvalue weighted by molar-refractivity contribution is -0.330. The van der Waals surface area contributed by atoms with E-state index in [0.717, 1.165) is 12.0 Å². The Morgan fingerprint density at radius 2 is 1.54 bits per heavy atom. The van der Waals surface area contributed by atoms with Gasteiger partial charge in [0, 0.05) is 0 Å². The van der Waals surface area contributed by atoms with Gasteiger partial charge >= 0.3 is 11.9 Å². The Kier molecular flexibility index (Phi) is 11.0. The minimum atomic E-state index is -1.90. The number of ether oxygens (including phenoxy) is 3. The molecule has 1 heterocycles.